The third-order valence-electron chi connectivity index (χ3n) is 4.51. The number of carbonyl (C=O) groups excluding carboxylic acids is 1. The van der Waals surface area contributed by atoms with Crippen LogP contribution in [0.3, 0.4) is 0 Å². The third kappa shape index (κ3) is 3.16. The maximum Gasteiger partial charge on any atom is 0.292 e. The number of nitrogens with one attached hydrogen (secondary N) is 1. The van der Waals surface area contributed by atoms with Crippen molar-refractivity contribution in [2.75, 3.05) is 12.4 Å². The van der Waals surface area contributed by atoms with E-state index in [0.717, 1.165) is 32.3 Å². The Hall–Kier alpha value is -3.13. The second-order valence-electron chi connectivity index (χ2n) is 6.29. The predicted octanol–water partition coefficient (Wildman–Crippen LogP) is 5.12. The summed E-state index contributed by atoms with van der Waals surface area (Å²) in [5, 5.41) is 11.4. The molecule has 4 aromatic rings. The highest BCUT2D eigenvalue weighted by atomic mass is 79.9. The zero-order chi connectivity index (χ0) is 19.8. The molecule has 8 heteroatoms. The average Bonchev–Trinajstić information content (AvgIpc) is 3.26. The molecule has 0 unspecified atom stereocenters. The van der Waals surface area contributed by atoms with Gasteiger partial charge in [-0.05, 0) is 66.1 Å². The highest BCUT2D eigenvalue weighted by Crippen LogP contribution is 2.32. The van der Waals surface area contributed by atoms with Gasteiger partial charge in [-0.1, -0.05) is 15.9 Å². The van der Waals surface area contributed by atoms with Crippen molar-refractivity contribution in [2.45, 2.75) is 13.8 Å². The van der Waals surface area contributed by atoms with Gasteiger partial charge >= 0.3 is 0 Å². The van der Waals surface area contributed by atoms with Crippen molar-refractivity contribution in [3.63, 3.8) is 0 Å². The molecule has 142 valence electrons. The number of aromatic nitrogens is 2. The summed E-state index contributed by atoms with van der Waals surface area (Å²) in [6.07, 6.45) is 0. The SMILES string of the molecule is COc1ccc(-c2nonc2NC(=O)c2oc3ccc(Br)cc3c2C)c(C)c1. The van der Waals surface area contributed by atoms with E-state index in [4.69, 9.17) is 13.8 Å². The molecule has 0 aliphatic carbocycles. The molecule has 2 aromatic heterocycles. The molecule has 7 nitrogen and oxygen atoms in total. The van der Waals surface area contributed by atoms with Gasteiger partial charge in [0.1, 0.15) is 11.3 Å². The summed E-state index contributed by atoms with van der Waals surface area (Å²) in [4.78, 5) is 12.8. The molecule has 0 saturated carbocycles. The van der Waals surface area contributed by atoms with E-state index in [1.807, 2.05) is 50.2 Å². The van der Waals surface area contributed by atoms with E-state index in [1.54, 1.807) is 7.11 Å². The van der Waals surface area contributed by atoms with Gasteiger partial charge in [-0.3, -0.25) is 10.1 Å². The molecular weight excluding hydrogens is 426 g/mol. The summed E-state index contributed by atoms with van der Waals surface area (Å²) in [6.45, 7) is 3.75. The lowest BCUT2D eigenvalue weighted by molar-refractivity contribution is 0.0997. The van der Waals surface area contributed by atoms with Crippen molar-refractivity contribution in [1.82, 2.24) is 10.3 Å². The number of methoxy groups -OCH3 is 1. The second kappa shape index (κ2) is 7.12. The fourth-order valence-electron chi connectivity index (χ4n) is 3.05. The number of carbonyl (C=O) groups is 1. The Morgan fingerprint density at radius 2 is 1.96 bits per heavy atom. The Balaban J connectivity index is 1.67. The van der Waals surface area contributed by atoms with Gasteiger partial charge in [0.25, 0.3) is 5.91 Å². The first-order chi connectivity index (χ1) is 13.5. The van der Waals surface area contributed by atoms with Gasteiger partial charge < -0.3 is 9.15 Å². The molecule has 0 aliphatic rings. The standard InChI is InChI=1S/C20H16BrN3O4/c1-10-8-13(26-3)5-6-14(10)17-19(24-28-23-17)22-20(25)18-11(2)15-9-12(21)4-7-16(15)27-18/h4-9H,1-3H3,(H,22,24,25). The Morgan fingerprint density at radius 3 is 2.71 bits per heavy atom. The van der Waals surface area contributed by atoms with Crippen LogP contribution in [0.2, 0.25) is 0 Å². The molecule has 2 aromatic carbocycles. The smallest absolute Gasteiger partial charge is 0.292 e. The maximum atomic E-state index is 12.8. The van der Waals surface area contributed by atoms with Gasteiger partial charge in [-0.25, -0.2) is 4.63 Å². The summed E-state index contributed by atoms with van der Waals surface area (Å²) in [5.74, 6) is 0.744. The molecule has 0 atom stereocenters. The molecule has 0 saturated heterocycles. The minimum absolute atomic E-state index is 0.216. The number of amides is 1. The van der Waals surface area contributed by atoms with Crippen LogP contribution in [-0.2, 0) is 0 Å². The van der Waals surface area contributed by atoms with Crippen LogP contribution in [0.25, 0.3) is 22.2 Å². The average molecular weight is 442 g/mol. The van der Waals surface area contributed by atoms with Crippen LogP contribution in [0.5, 0.6) is 5.75 Å². The molecule has 2 heterocycles. The number of aryl methyl sites for hydroxylation is 2. The van der Waals surface area contributed by atoms with Gasteiger partial charge in [0.05, 0.1) is 7.11 Å². The van der Waals surface area contributed by atoms with E-state index in [0.29, 0.717) is 11.3 Å². The first-order valence-electron chi connectivity index (χ1n) is 8.45. The van der Waals surface area contributed by atoms with Crippen molar-refractivity contribution >= 4 is 38.6 Å². The number of nitrogens with zero attached hydrogens (tertiary/aromatic N) is 2. The predicted molar refractivity (Wildman–Crippen MR) is 108 cm³/mol. The van der Waals surface area contributed by atoms with Crippen LogP contribution in [-0.4, -0.2) is 23.3 Å². The van der Waals surface area contributed by atoms with Crippen LogP contribution in [0.15, 0.2) is 49.9 Å². The van der Waals surface area contributed by atoms with Crippen LogP contribution in [0.4, 0.5) is 5.82 Å². The Labute approximate surface area is 168 Å². The lowest BCUT2D eigenvalue weighted by Gasteiger charge is -2.07. The lowest BCUT2D eigenvalue weighted by atomic mass is 10.1. The molecule has 1 N–H and O–H groups in total. The highest BCUT2D eigenvalue weighted by Gasteiger charge is 2.22. The van der Waals surface area contributed by atoms with Crippen molar-refractivity contribution in [3.05, 3.63) is 57.8 Å². The van der Waals surface area contributed by atoms with Gasteiger partial charge in [0.2, 0.25) is 5.82 Å². The van der Waals surface area contributed by atoms with Gasteiger partial charge in [-0.15, -0.1) is 0 Å². The number of furan rings is 1. The molecule has 28 heavy (non-hydrogen) atoms. The summed E-state index contributed by atoms with van der Waals surface area (Å²) in [6, 6.07) is 11.1. The van der Waals surface area contributed by atoms with Gasteiger partial charge in [0.15, 0.2) is 11.5 Å². The number of hydrogen-bond acceptors (Lipinski definition) is 6. The van der Waals surface area contributed by atoms with Crippen LogP contribution < -0.4 is 10.1 Å². The molecule has 0 aliphatic heterocycles. The first kappa shape index (κ1) is 18.2. The zero-order valence-corrected chi connectivity index (χ0v) is 17.0. The number of hydrogen-bond donors (Lipinski definition) is 1. The van der Waals surface area contributed by atoms with Crippen molar-refractivity contribution in [1.29, 1.82) is 0 Å². The number of fused-ring (bicyclic) bond motifs is 1. The van der Waals surface area contributed by atoms with E-state index in [1.165, 1.54) is 0 Å². The van der Waals surface area contributed by atoms with Crippen LogP contribution in [0.1, 0.15) is 21.7 Å². The van der Waals surface area contributed by atoms with Crippen LogP contribution in [0, 0.1) is 13.8 Å². The number of anilines is 1. The van der Waals surface area contributed by atoms with Crippen LogP contribution >= 0.6 is 15.9 Å². The van der Waals surface area contributed by atoms with E-state index >= 15 is 0 Å². The summed E-state index contributed by atoms with van der Waals surface area (Å²) in [5.41, 5.74) is 3.51. The summed E-state index contributed by atoms with van der Waals surface area (Å²) >= 11 is 3.43. The Bertz CT molecular complexity index is 1200. The molecule has 0 bridgehead atoms. The Morgan fingerprint density at radius 1 is 1.14 bits per heavy atom. The Kier molecular flexibility index (Phi) is 4.64. The molecular formula is C20H16BrN3O4. The van der Waals surface area contributed by atoms with E-state index in [9.17, 15) is 4.79 Å². The molecule has 0 spiro atoms. The monoisotopic (exact) mass is 441 g/mol. The molecule has 0 radical (unpaired) electrons. The fourth-order valence-corrected chi connectivity index (χ4v) is 3.41. The van der Waals surface area contributed by atoms with Crippen molar-refractivity contribution in [3.8, 4) is 17.0 Å². The van der Waals surface area contributed by atoms with Gasteiger partial charge in [-0.2, -0.15) is 0 Å². The summed E-state index contributed by atoms with van der Waals surface area (Å²) in [7, 11) is 1.60. The minimum atomic E-state index is -0.423. The lowest BCUT2D eigenvalue weighted by Crippen LogP contribution is -2.13. The quantitative estimate of drug-likeness (QED) is 0.472. The molecule has 0 fully saturated rings. The molecule has 4 rings (SSSR count). The largest absolute Gasteiger partial charge is 0.497 e. The number of rotatable bonds is 4. The van der Waals surface area contributed by atoms with Crippen molar-refractivity contribution in [2.24, 2.45) is 0 Å². The summed E-state index contributed by atoms with van der Waals surface area (Å²) < 4.78 is 16.7. The molecule has 1 amide bonds. The van der Waals surface area contributed by atoms with E-state index in [2.05, 4.69) is 31.6 Å². The number of halogens is 1. The number of benzene rings is 2. The zero-order valence-electron chi connectivity index (χ0n) is 15.4. The minimum Gasteiger partial charge on any atom is -0.497 e. The van der Waals surface area contributed by atoms with E-state index < -0.39 is 5.91 Å². The topological polar surface area (TPSA) is 90.4 Å². The van der Waals surface area contributed by atoms with E-state index in [-0.39, 0.29) is 11.6 Å². The normalized spacial score (nSPS) is 11.0. The third-order valence-corrected chi connectivity index (χ3v) is 5.01. The number of ether oxygens (including phenoxy) is 1. The first-order valence-corrected chi connectivity index (χ1v) is 9.25. The van der Waals surface area contributed by atoms with Crippen molar-refractivity contribution < 1.29 is 18.6 Å². The van der Waals surface area contributed by atoms with Gasteiger partial charge in [0, 0.05) is 21.0 Å². The highest BCUT2D eigenvalue weighted by molar-refractivity contribution is 9.10. The fraction of sp³-hybridized carbons (Fsp3) is 0.150. The maximum absolute atomic E-state index is 12.8. The second-order valence-corrected chi connectivity index (χ2v) is 7.21.